The Hall–Kier alpha value is -1.24. The molecule has 1 aliphatic heterocycles. The zero-order valence-electron chi connectivity index (χ0n) is 14.3. The Morgan fingerprint density at radius 3 is 2.50 bits per heavy atom. The Labute approximate surface area is 142 Å². The Kier molecular flexibility index (Phi) is 6.95. The molecule has 24 heavy (non-hydrogen) atoms. The van der Waals surface area contributed by atoms with E-state index in [-0.39, 0.29) is 23.8 Å². The molecular weight excluding hydrogens is 316 g/mol. The summed E-state index contributed by atoms with van der Waals surface area (Å²) >= 11 is 0. The summed E-state index contributed by atoms with van der Waals surface area (Å²) in [4.78, 5) is 1.95. The van der Waals surface area contributed by atoms with Gasteiger partial charge in [-0.25, -0.2) is 8.78 Å². The largest absolute Gasteiger partial charge is 0.493 e. The van der Waals surface area contributed by atoms with Crippen LogP contribution in [-0.4, -0.2) is 53.1 Å². The number of piperidine rings is 1. The van der Waals surface area contributed by atoms with Gasteiger partial charge in [-0.05, 0) is 26.2 Å². The smallest absolute Gasteiger partial charge is 0.133 e. The van der Waals surface area contributed by atoms with E-state index in [2.05, 4.69) is 0 Å². The third-order valence-electron chi connectivity index (χ3n) is 4.60. The molecule has 0 spiro atoms. The first-order valence-electron chi connectivity index (χ1n) is 8.63. The van der Waals surface area contributed by atoms with Crippen molar-refractivity contribution in [3.05, 3.63) is 29.3 Å². The lowest BCUT2D eigenvalue weighted by molar-refractivity contribution is -0.0572. The third kappa shape index (κ3) is 4.88. The van der Waals surface area contributed by atoms with Gasteiger partial charge < -0.3 is 14.9 Å². The molecule has 1 aromatic carbocycles. The summed E-state index contributed by atoms with van der Waals surface area (Å²) in [7, 11) is 0. The molecule has 0 bridgehead atoms. The van der Waals surface area contributed by atoms with E-state index in [1.165, 1.54) is 12.1 Å². The van der Waals surface area contributed by atoms with E-state index in [1.807, 2.05) is 18.7 Å². The Balaban J connectivity index is 1.97. The zero-order valence-corrected chi connectivity index (χ0v) is 14.3. The van der Waals surface area contributed by atoms with Gasteiger partial charge in [0.05, 0.1) is 18.8 Å². The number of β-amino-alcohol motifs (C(OH)–C–C–N with tert-alkyl or cyclic N) is 1. The second kappa shape index (κ2) is 8.74. The fourth-order valence-electron chi connectivity index (χ4n) is 3.00. The van der Waals surface area contributed by atoms with Gasteiger partial charge in [0.2, 0.25) is 0 Å². The number of nitrogens with zero attached hydrogens (tertiary/aromatic N) is 1. The van der Waals surface area contributed by atoms with E-state index in [1.54, 1.807) is 0 Å². The van der Waals surface area contributed by atoms with Crippen molar-refractivity contribution < 1.29 is 23.7 Å². The number of aliphatic hydroxyl groups excluding tert-OH is 2. The van der Waals surface area contributed by atoms with Crippen molar-refractivity contribution in [2.45, 2.75) is 57.8 Å². The summed E-state index contributed by atoms with van der Waals surface area (Å²) in [5.74, 6) is -0.995. The predicted molar refractivity (Wildman–Crippen MR) is 88.1 cm³/mol. The van der Waals surface area contributed by atoms with Crippen LogP contribution in [0.5, 0.6) is 5.75 Å². The van der Waals surface area contributed by atoms with Gasteiger partial charge in [-0.3, -0.25) is 4.90 Å². The molecule has 0 aromatic heterocycles. The molecule has 1 unspecified atom stereocenters. The molecule has 0 saturated carbocycles. The van der Waals surface area contributed by atoms with E-state index < -0.39 is 23.8 Å². The van der Waals surface area contributed by atoms with Gasteiger partial charge in [0.15, 0.2) is 0 Å². The summed E-state index contributed by atoms with van der Waals surface area (Å²) in [6.45, 7) is 5.14. The first-order chi connectivity index (χ1) is 11.4. The van der Waals surface area contributed by atoms with Crippen LogP contribution in [0.1, 0.15) is 38.7 Å². The maximum Gasteiger partial charge on any atom is 0.133 e. The lowest BCUT2D eigenvalue weighted by Gasteiger charge is -2.38. The van der Waals surface area contributed by atoms with Gasteiger partial charge in [-0.15, -0.1) is 0 Å². The van der Waals surface area contributed by atoms with Gasteiger partial charge in [0.25, 0.3) is 0 Å². The van der Waals surface area contributed by atoms with E-state index >= 15 is 0 Å². The highest BCUT2D eigenvalue weighted by Crippen LogP contribution is 2.23. The molecule has 0 amide bonds. The molecule has 2 N–H and O–H groups in total. The van der Waals surface area contributed by atoms with Gasteiger partial charge in [-0.2, -0.15) is 0 Å². The summed E-state index contributed by atoms with van der Waals surface area (Å²) in [6.07, 6.45) is 0.912. The van der Waals surface area contributed by atoms with E-state index in [0.29, 0.717) is 26.1 Å². The van der Waals surface area contributed by atoms with Crippen LogP contribution in [0, 0.1) is 11.6 Å². The molecule has 136 valence electrons. The summed E-state index contributed by atoms with van der Waals surface area (Å²) in [5.41, 5.74) is 0.0330. The van der Waals surface area contributed by atoms with Crippen molar-refractivity contribution >= 4 is 0 Å². The van der Waals surface area contributed by atoms with Crippen LogP contribution in [-0.2, 0) is 6.42 Å². The highest BCUT2D eigenvalue weighted by atomic mass is 19.1. The van der Waals surface area contributed by atoms with Crippen molar-refractivity contribution in [2.24, 2.45) is 0 Å². The fourth-order valence-corrected chi connectivity index (χ4v) is 3.00. The van der Waals surface area contributed by atoms with Gasteiger partial charge in [0.1, 0.15) is 17.4 Å². The number of benzene rings is 1. The van der Waals surface area contributed by atoms with Crippen molar-refractivity contribution in [1.29, 1.82) is 0 Å². The number of hydrogen-bond acceptors (Lipinski definition) is 4. The SMILES string of the molecule is CCCCOc1cc(F)c(CCN2C[C@H](O)C(O)C[C@@H]2C)c(F)c1. The minimum absolute atomic E-state index is 0.0330. The molecule has 4 nitrogen and oxygen atoms in total. The first kappa shape index (κ1) is 19.1. The summed E-state index contributed by atoms with van der Waals surface area (Å²) in [5, 5.41) is 19.4. The Bertz CT molecular complexity index is 518. The number of unbranched alkanes of at least 4 members (excludes halogenated alkanes) is 1. The number of aliphatic hydroxyl groups is 2. The number of hydrogen-bond donors (Lipinski definition) is 2. The monoisotopic (exact) mass is 343 g/mol. The average Bonchev–Trinajstić information content (AvgIpc) is 2.51. The predicted octanol–water partition coefficient (Wildman–Crippen LogP) is 2.50. The lowest BCUT2D eigenvalue weighted by atomic mass is 9.97. The Morgan fingerprint density at radius 1 is 1.21 bits per heavy atom. The zero-order chi connectivity index (χ0) is 17.7. The Morgan fingerprint density at radius 2 is 1.88 bits per heavy atom. The van der Waals surface area contributed by atoms with E-state index in [0.717, 1.165) is 12.8 Å². The van der Waals surface area contributed by atoms with Crippen molar-refractivity contribution in [3.8, 4) is 5.75 Å². The lowest BCUT2D eigenvalue weighted by Crippen LogP contribution is -2.51. The van der Waals surface area contributed by atoms with E-state index in [4.69, 9.17) is 4.74 Å². The molecule has 1 saturated heterocycles. The van der Waals surface area contributed by atoms with E-state index in [9.17, 15) is 19.0 Å². The molecule has 2 rings (SSSR count). The molecule has 1 heterocycles. The van der Waals surface area contributed by atoms with Crippen molar-refractivity contribution in [1.82, 2.24) is 4.90 Å². The topological polar surface area (TPSA) is 52.9 Å². The number of rotatable bonds is 7. The van der Waals surface area contributed by atoms with Gasteiger partial charge in [-0.1, -0.05) is 13.3 Å². The average molecular weight is 343 g/mol. The first-order valence-corrected chi connectivity index (χ1v) is 8.63. The molecule has 0 aliphatic carbocycles. The van der Waals surface area contributed by atoms with Crippen LogP contribution < -0.4 is 4.74 Å². The summed E-state index contributed by atoms with van der Waals surface area (Å²) < 4.78 is 33.7. The molecule has 1 aromatic rings. The third-order valence-corrected chi connectivity index (χ3v) is 4.60. The van der Waals surface area contributed by atoms with Crippen LogP contribution >= 0.6 is 0 Å². The van der Waals surface area contributed by atoms with Gasteiger partial charge >= 0.3 is 0 Å². The number of ether oxygens (including phenoxy) is 1. The molecule has 6 heteroatoms. The molecule has 1 aliphatic rings. The standard InChI is InChI=1S/C18H27F2NO3/c1-3-4-7-24-13-9-15(19)14(16(20)10-13)5-6-21-11-18(23)17(22)8-12(21)2/h9-10,12,17-18,22-23H,3-8,11H2,1-2H3/t12-,17?,18-/m0/s1. The molecule has 1 fully saturated rings. The molecule has 3 atom stereocenters. The second-order valence-corrected chi connectivity index (χ2v) is 6.53. The molecule has 0 radical (unpaired) electrons. The van der Waals surface area contributed by atoms with Crippen LogP contribution in [0.25, 0.3) is 0 Å². The number of likely N-dealkylation sites (tertiary alicyclic amines) is 1. The van der Waals surface area contributed by atoms with Crippen LogP contribution in [0.2, 0.25) is 0 Å². The van der Waals surface area contributed by atoms with Crippen LogP contribution in [0.3, 0.4) is 0 Å². The minimum atomic E-state index is -0.815. The normalized spacial score (nSPS) is 25.0. The van der Waals surface area contributed by atoms with Crippen molar-refractivity contribution in [3.63, 3.8) is 0 Å². The second-order valence-electron chi connectivity index (χ2n) is 6.53. The maximum atomic E-state index is 14.2. The quantitative estimate of drug-likeness (QED) is 0.747. The molecular formula is C18H27F2NO3. The summed E-state index contributed by atoms with van der Waals surface area (Å²) in [6, 6.07) is 2.52. The highest BCUT2D eigenvalue weighted by molar-refractivity contribution is 5.30. The highest BCUT2D eigenvalue weighted by Gasteiger charge is 2.30. The fraction of sp³-hybridized carbons (Fsp3) is 0.667. The number of halogens is 2. The van der Waals surface area contributed by atoms with Crippen LogP contribution in [0.4, 0.5) is 8.78 Å². The van der Waals surface area contributed by atoms with Crippen LogP contribution in [0.15, 0.2) is 12.1 Å². The van der Waals surface area contributed by atoms with Gasteiger partial charge in [0, 0.05) is 36.8 Å². The maximum absolute atomic E-state index is 14.2. The minimum Gasteiger partial charge on any atom is -0.493 e. The van der Waals surface area contributed by atoms with Crippen molar-refractivity contribution in [2.75, 3.05) is 19.7 Å².